The molecule has 1 heterocycles. The van der Waals surface area contributed by atoms with Crippen molar-refractivity contribution in [3.63, 3.8) is 0 Å². The molecule has 40 valence electrons. The average molecular weight is 120 g/mol. The number of hydrogen-bond donors (Lipinski definition) is 1. The molecule has 1 aromatic heterocycles. The van der Waals surface area contributed by atoms with Gasteiger partial charge in [-0.15, -0.1) is 12.4 Å². The van der Waals surface area contributed by atoms with Crippen LogP contribution >= 0.6 is 12.4 Å². The molecule has 0 atom stereocenters. The first-order chi connectivity index (χ1) is 2.89. The highest BCUT2D eigenvalue weighted by atomic mass is 35.5. The van der Waals surface area contributed by atoms with Crippen LogP contribution in [0.25, 0.3) is 0 Å². The number of nitrogen functional groups attached to an aromatic ring is 1. The van der Waals surface area contributed by atoms with Gasteiger partial charge in [0.05, 0.1) is 12.0 Å². The van der Waals surface area contributed by atoms with Crippen molar-refractivity contribution in [2.24, 2.45) is 0 Å². The minimum Gasteiger partial charge on any atom is -0.470 e. The van der Waals surface area contributed by atoms with Crippen LogP contribution in [0.3, 0.4) is 0 Å². The van der Waals surface area contributed by atoms with Gasteiger partial charge in [0.1, 0.15) is 6.26 Å². The normalized spacial score (nSPS) is 7.43. The molecule has 1 aromatic rings. The first-order valence-electron chi connectivity index (χ1n) is 1.67. The summed E-state index contributed by atoms with van der Waals surface area (Å²) in [5.74, 6) is 0. The molecule has 7 heavy (non-hydrogen) atoms. The summed E-state index contributed by atoms with van der Waals surface area (Å²) in [4.78, 5) is 0. The van der Waals surface area contributed by atoms with Crippen molar-refractivity contribution < 1.29 is 4.42 Å². The topological polar surface area (TPSA) is 39.2 Å². The number of anilines is 1. The Balaban J connectivity index is 0.000000360. The van der Waals surface area contributed by atoms with Crippen molar-refractivity contribution in [3.05, 3.63) is 18.6 Å². The summed E-state index contributed by atoms with van der Waals surface area (Å²) in [6, 6.07) is 1.69. The highest BCUT2D eigenvalue weighted by Gasteiger charge is 1.76. The van der Waals surface area contributed by atoms with Crippen LogP contribution in [0.15, 0.2) is 23.0 Å². The molecule has 0 bridgehead atoms. The lowest BCUT2D eigenvalue weighted by Crippen LogP contribution is -1.74. The van der Waals surface area contributed by atoms with Crippen molar-refractivity contribution in [2.45, 2.75) is 0 Å². The molecule has 0 aliphatic heterocycles. The summed E-state index contributed by atoms with van der Waals surface area (Å²) in [7, 11) is 0. The second-order valence-corrected chi connectivity index (χ2v) is 1.06. The number of nitrogens with two attached hydrogens (primary N) is 1. The number of rotatable bonds is 0. The maximum absolute atomic E-state index is 5.18. The Morgan fingerprint density at radius 3 is 2.43 bits per heavy atom. The van der Waals surface area contributed by atoms with E-state index in [2.05, 4.69) is 4.42 Å². The molecule has 0 aliphatic rings. The molecule has 3 heteroatoms. The summed E-state index contributed by atoms with van der Waals surface area (Å²) >= 11 is 0. The predicted molar refractivity (Wildman–Crippen MR) is 30.4 cm³/mol. The minimum absolute atomic E-state index is 0. The van der Waals surface area contributed by atoms with Crippen LogP contribution in [-0.4, -0.2) is 0 Å². The van der Waals surface area contributed by atoms with Crippen LogP contribution in [0.5, 0.6) is 0 Å². The minimum atomic E-state index is 0. The molecule has 2 N–H and O–H groups in total. The molecule has 0 aromatic carbocycles. The summed E-state index contributed by atoms with van der Waals surface area (Å²) < 4.78 is 4.59. The molecule has 0 fully saturated rings. The van der Waals surface area contributed by atoms with Gasteiger partial charge in [-0.3, -0.25) is 0 Å². The number of furan rings is 1. The van der Waals surface area contributed by atoms with E-state index in [0.717, 1.165) is 0 Å². The molecule has 0 saturated carbocycles. The van der Waals surface area contributed by atoms with Gasteiger partial charge in [0.15, 0.2) is 0 Å². The SMILES string of the molecule is Cl.Nc1ccoc1. The lowest BCUT2D eigenvalue weighted by molar-refractivity contribution is 0.568. The fourth-order valence-electron chi connectivity index (χ4n) is 0.275. The molecule has 0 unspecified atom stereocenters. The summed E-state index contributed by atoms with van der Waals surface area (Å²) in [6.07, 6.45) is 3.02. The maximum atomic E-state index is 5.18. The Bertz CT molecular complexity index is 115. The molecule has 2 nitrogen and oxygen atoms in total. The quantitative estimate of drug-likeness (QED) is 0.559. The third-order valence-electron chi connectivity index (χ3n) is 0.543. The fraction of sp³-hybridized carbons (Fsp3) is 0. The molecule has 0 amide bonds. The molecule has 1 rings (SSSR count). The van der Waals surface area contributed by atoms with Gasteiger partial charge in [-0.05, 0) is 6.07 Å². The van der Waals surface area contributed by atoms with Crippen molar-refractivity contribution in [3.8, 4) is 0 Å². The van der Waals surface area contributed by atoms with Crippen LogP contribution in [-0.2, 0) is 0 Å². The van der Waals surface area contributed by atoms with Crippen molar-refractivity contribution in [2.75, 3.05) is 5.73 Å². The van der Waals surface area contributed by atoms with Crippen LogP contribution in [0.2, 0.25) is 0 Å². The first-order valence-corrected chi connectivity index (χ1v) is 1.67. The van der Waals surface area contributed by atoms with E-state index in [1.54, 1.807) is 6.07 Å². The van der Waals surface area contributed by atoms with E-state index in [4.69, 9.17) is 5.73 Å². The van der Waals surface area contributed by atoms with Gasteiger partial charge in [0.25, 0.3) is 0 Å². The van der Waals surface area contributed by atoms with Gasteiger partial charge in [-0.2, -0.15) is 0 Å². The average Bonchev–Trinajstić information content (AvgIpc) is 1.86. The van der Waals surface area contributed by atoms with Gasteiger partial charge < -0.3 is 10.2 Å². The number of halogens is 1. The zero-order valence-corrected chi connectivity index (χ0v) is 4.44. The zero-order valence-electron chi connectivity index (χ0n) is 3.63. The third kappa shape index (κ3) is 1.50. The van der Waals surface area contributed by atoms with E-state index < -0.39 is 0 Å². The number of hydrogen-bond acceptors (Lipinski definition) is 2. The molecule has 0 spiro atoms. The van der Waals surface area contributed by atoms with Crippen molar-refractivity contribution >= 4 is 18.1 Å². The third-order valence-corrected chi connectivity index (χ3v) is 0.543. The van der Waals surface area contributed by atoms with Gasteiger partial charge in [0.2, 0.25) is 0 Å². The van der Waals surface area contributed by atoms with E-state index in [0.29, 0.717) is 5.69 Å². The van der Waals surface area contributed by atoms with E-state index in [9.17, 15) is 0 Å². The lowest BCUT2D eigenvalue weighted by atomic mass is 10.6. The molecular formula is C4H6ClNO. The van der Waals surface area contributed by atoms with E-state index in [1.165, 1.54) is 12.5 Å². The highest BCUT2D eigenvalue weighted by molar-refractivity contribution is 5.85. The van der Waals surface area contributed by atoms with Crippen LogP contribution < -0.4 is 5.73 Å². The monoisotopic (exact) mass is 119 g/mol. The van der Waals surface area contributed by atoms with E-state index in [-0.39, 0.29) is 12.4 Å². The second kappa shape index (κ2) is 2.53. The van der Waals surface area contributed by atoms with E-state index >= 15 is 0 Å². The Morgan fingerprint density at radius 1 is 1.57 bits per heavy atom. The lowest BCUT2D eigenvalue weighted by Gasteiger charge is -1.66. The van der Waals surface area contributed by atoms with Crippen LogP contribution in [0.4, 0.5) is 5.69 Å². The standard InChI is InChI=1S/C4H5NO.ClH/c5-4-1-2-6-3-4;/h1-3H,5H2;1H. The van der Waals surface area contributed by atoms with Gasteiger partial charge in [-0.1, -0.05) is 0 Å². The van der Waals surface area contributed by atoms with Crippen molar-refractivity contribution in [1.29, 1.82) is 0 Å². The molecule has 0 radical (unpaired) electrons. The molecular weight excluding hydrogens is 114 g/mol. The van der Waals surface area contributed by atoms with E-state index in [1.807, 2.05) is 0 Å². The van der Waals surface area contributed by atoms with Gasteiger partial charge in [-0.25, -0.2) is 0 Å². The van der Waals surface area contributed by atoms with Crippen molar-refractivity contribution in [1.82, 2.24) is 0 Å². The predicted octanol–water partition coefficient (Wildman–Crippen LogP) is 1.28. The summed E-state index contributed by atoms with van der Waals surface area (Å²) in [5, 5.41) is 0. The summed E-state index contributed by atoms with van der Waals surface area (Å²) in [6.45, 7) is 0. The van der Waals surface area contributed by atoms with Crippen LogP contribution in [0.1, 0.15) is 0 Å². The zero-order chi connectivity index (χ0) is 4.41. The Labute approximate surface area is 47.7 Å². The Morgan fingerprint density at radius 2 is 2.29 bits per heavy atom. The largest absolute Gasteiger partial charge is 0.470 e. The molecule has 0 saturated heterocycles. The smallest absolute Gasteiger partial charge is 0.113 e. The summed E-state index contributed by atoms with van der Waals surface area (Å²) in [5.41, 5.74) is 5.86. The van der Waals surface area contributed by atoms with Crippen LogP contribution in [0, 0.1) is 0 Å². The fourth-order valence-corrected chi connectivity index (χ4v) is 0.275. The first kappa shape index (κ1) is 6.37. The highest BCUT2D eigenvalue weighted by Crippen LogP contribution is 1.97. The Hall–Kier alpha value is -0.630. The van der Waals surface area contributed by atoms with Gasteiger partial charge in [0, 0.05) is 0 Å². The maximum Gasteiger partial charge on any atom is 0.113 e. The Kier molecular flexibility index (Phi) is 2.30. The second-order valence-electron chi connectivity index (χ2n) is 1.06. The molecule has 0 aliphatic carbocycles. The van der Waals surface area contributed by atoms with Gasteiger partial charge >= 0.3 is 0 Å².